The molecule has 0 aromatic carbocycles. The van der Waals surface area contributed by atoms with Crippen molar-refractivity contribution in [2.24, 2.45) is 23.7 Å². The van der Waals surface area contributed by atoms with Crippen molar-refractivity contribution >= 4 is 0 Å². The van der Waals surface area contributed by atoms with E-state index >= 15 is 0 Å². The second-order valence-electron chi connectivity index (χ2n) is 8.59. The molecule has 0 heterocycles. The van der Waals surface area contributed by atoms with E-state index in [-0.39, 0.29) is 12.2 Å². The van der Waals surface area contributed by atoms with Gasteiger partial charge in [-0.15, -0.1) is 0 Å². The van der Waals surface area contributed by atoms with Crippen molar-refractivity contribution in [2.75, 3.05) is 28.3 Å². The molecule has 23 heavy (non-hydrogen) atoms. The lowest BCUT2D eigenvalue weighted by Crippen LogP contribution is -2.66. The van der Waals surface area contributed by atoms with Crippen molar-refractivity contribution < 1.29 is 9.47 Å². The fraction of sp³-hybridized carbons (Fsp3) is 1.00. The molecule has 0 aromatic heterocycles. The van der Waals surface area contributed by atoms with Crippen LogP contribution in [-0.4, -0.2) is 51.0 Å². The number of nitrogens with zero attached hydrogens (tertiary/aromatic N) is 1. The van der Waals surface area contributed by atoms with E-state index in [2.05, 4.69) is 25.9 Å². The maximum atomic E-state index is 6.09. The van der Waals surface area contributed by atoms with Gasteiger partial charge in [0.15, 0.2) is 0 Å². The molecule has 0 aliphatic heterocycles. The average molecular weight is 324 g/mol. The Balaban J connectivity index is 1.91. The summed E-state index contributed by atoms with van der Waals surface area (Å²) in [4.78, 5) is 2.54. The van der Waals surface area contributed by atoms with Gasteiger partial charge in [-0.05, 0) is 70.4 Å². The molecule has 0 N–H and O–H groups in total. The van der Waals surface area contributed by atoms with Gasteiger partial charge in [-0.2, -0.15) is 0 Å². The number of methoxy groups -OCH3 is 2. The van der Waals surface area contributed by atoms with Crippen molar-refractivity contribution in [2.45, 2.75) is 76.0 Å². The van der Waals surface area contributed by atoms with Crippen LogP contribution in [0.5, 0.6) is 0 Å². The zero-order valence-electron chi connectivity index (χ0n) is 15.9. The van der Waals surface area contributed by atoms with E-state index in [9.17, 15) is 0 Å². The Hall–Kier alpha value is -0.120. The Kier molecular flexibility index (Phi) is 5.40. The van der Waals surface area contributed by atoms with Crippen LogP contribution in [0.15, 0.2) is 0 Å². The van der Waals surface area contributed by atoms with E-state index in [1.54, 1.807) is 0 Å². The SMILES string of the molecule is CCC1CCC2C(CCC3(N(C)C)CCC(OC)C(OC)C23)C1. The van der Waals surface area contributed by atoms with E-state index in [0.29, 0.717) is 11.5 Å². The maximum Gasteiger partial charge on any atom is 0.0881 e. The standard InChI is InChI=1S/C20H37NO2/c1-6-14-7-8-16-15(13-14)9-11-20(21(2)3)12-10-17(22-4)19(23-5)18(16)20/h14-19H,6-13H2,1-5H3. The van der Waals surface area contributed by atoms with Crippen LogP contribution in [0.1, 0.15) is 58.3 Å². The van der Waals surface area contributed by atoms with E-state index in [0.717, 1.165) is 24.2 Å². The van der Waals surface area contributed by atoms with Gasteiger partial charge in [-0.1, -0.05) is 19.8 Å². The predicted octanol–water partition coefficient (Wildman–Crippen LogP) is 3.96. The molecule has 3 aliphatic rings. The van der Waals surface area contributed by atoms with Gasteiger partial charge in [0.25, 0.3) is 0 Å². The van der Waals surface area contributed by atoms with Crippen LogP contribution in [0.4, 0.5) is 0 Å². The summed E-state index contributed by atoms with van der Waals surface area (Å²) in [6, 6.07) is 0. The van der Waals surface area contributed by atoms with Crippen LogP contribution in [0.3, 0.4) is 0 Å². The van der Waals surface area contributed by atoms with Crippen LogP contribution in [-0.2, 0) is 9.47 Å². The highest BCUT2D eigenvalue weighted by molar-refractivity contribution is 5.10. The van der Waals surface area contributed by atoms with E-state index < -0.39 is 0 Å². The molecule has 0 spiro atoms. The Labute approximate surface area is 143 Å². The van der Waals surface area contributed by atoms with Gasteiger partial charge < -0.3 is 14.4 Å². The molecule has 0 aromatic rings. The number of ether oxygens (including phenoxy) is 2. The van der Waals surface area contributed by atoms with Crippen LogP contribution < -0.4 is 0 Å². The minimum Gasteiger partial charge on any atom is -0.379 e. The molecule has 0 radical (unpaired) electrons. The molecule has 3 saturated carbocycles. The predicted molar refractivity (Wildman–Crippen MR) is 94.6 cm³/mol. The fourth-order valence-electron chi connectivity index (χ4n) is 6.49. The Bertz CT molecular complexity index is 399. The van der Waals surface area contributed by atoms with Crippen molar-refractivity contribution in [3.05, 3.63) is 0 Å². The lowest BCUT2D eigenvalue weighted by atomic mass is 9.51. The number of hydrogen-bond donors (Lipinski definition) is 0. The summed E-state index contributed by atoms with van der Waals surface area (Å²) in [5.41, 5.74) is 0.329. The molecule has 0 saturated heterocycles. The summed E-state index contributed by atoms with van der Waals surface area (Å²) in [5.74, 6) is 3.35. The quantitative estimate of drug-likeness (QED) is 0.781. The normalized spacial score (nSPS) is 47.2. The van der Waals surface area contributed by atoms with Crippen LogP contribution in [0, 0.1) is 23.7 Å². The first kappa shape index (κ1) is 17.7. The summed E-state index contributed by atoms with van der Waals surface area (Å²) in [7, 11) is 8.37. The number of rotatable bonds is 4. The third kappa shape index (κ3) is 2.87. The summed E-state index contributed by atoms with van der Waals surface area (Å²) in [6.07, 6.45) is 11.4. The van der Waals surface area contributed by atoms with E-state index in [1.165, 1.54) is 44.9 Å². The molecule has 0 amide bonds. The molecule has 7 atom stereocenters. The second-order valence-corrected chi connectivity index (χ2v) is 8.59. The first-order chi connectivity index (χ1) is 11.1. The highest BCUT2D eigenvalue weighted by atomic mass is 16.5. The fourth-order valence-corrected chi connectivity index (χ4v) is 6.49. The van der Waals surface area contributed by atoms with Gasteiger partial charge in [0.2, 0.25) is 0 Å². The second kappa shape index (κ2) is 7.01. The Morgan fingerprint density at radius 1 is 1.00 bits per heavy atom. The zero-order chi connectivity index (χ0) is 16.6. The molecule has 3 aliphatic carbocycles. The molecule has 3 nitrogen and oxygen atoms in total. The van der Waals surface area contributed by atoms with Crippen molar-refractivity contribution in [1.82, 2.24) is 4.90 Å². The van der Waals surface area contributed by atoms with Gasteiger partial charge in [-0.3, -0.25) is 0 Å². The third-order valence-electron chi connectivity index (χ3n) is 7.80. The number of hydrogen-bond acceptors (Lipinski definition) is 3. The number of fused-ring (bicyclic) bond motifs is 3. The molecule has 3 heteroatoms. The van der Waals surface area contributed by atoms with Crippen molar-refractivity contribution in [1.29, 1.82) is 0 Å². The Morgan fingerprint density at radius 2 is 1.74 bits per heavy atom. The van der Waals surface area contributed by atoms with Gasteiger partial charge in [0, 0.05) is 25.7 Å². The smallest absolute Gasteiger partial charge is 0.0881 e. The summed E-state index contributed by atoms with van der Waals surface area (Å²) >= 11 is 0. The van der Waals surface area contributed by atoms with Crippen LogP contribution in [0.25, 0.3) is 0 Å². The minimum atomic E-state index is 0.266. The first-order valence-electron chi connectivity index (χ1n) is 9.80. The highest BCUT2D eigenvalue weighted by Crippen LogP contribution is 2.57. The molecule has 134 valence electrons. The minimum absolute atomic E-state index is 0.266. The lowest BCUT2D eigenvalue weighted by molar-refractivity contribution is -0.183. The van der Waals surface area contributed by atoms with E-state index in [4.69, 9.17) is 9.47 Å². The van der Waals surface area contributed by atoms with E-state index in [1.807, 2.05) is 14.2 Å². The summed E-state index contributed by atoms with van der Waals surface area (Å²) < 4.78 is 11.9. The highest BCUT2D eigenvalue weighted by Gasteiger charge is 2.58. The lowest BCUT2D eigenvalue weighted by Gasteiger charge is -2.61. The molecule has 0 bridgehead atoms. The van der Waals surface area contributed by atoms with Crippen molar-refractivity contribution in [3.63, 3.8) is 0 Å². The molecular weight excluding hydrogens is 286 g/mol. The molecule has 3 fully saturated rings. The average Bonchev–Trinajstić information content (AvgIpc) is 2.59. The largest absolute Gasteiger partial charge is 0.379 e. The topological polar surface area (TPSA) is 21.7 Å². The van der Waals surface area contributed by atoms with Crippen LogP contribution in [0.2, 0.25) is 0 Å². The maximum absolute atomic E-state index is 6.09. The Morgan fingerprint density at radius 3 is 2.35 bits per heavy atom. The molecule has 3 rings (SSSR count). The summed E-state index contributed by atoms with van der Waals surface area (Å²) in [5, 5.41) is 0. The van der Waals surface area contributed by atoms with Gasteiger partial charge in [-0.25, -0.2) is 0 Å². The molecule has 7 unspecified atom stereocenters. The molecular formula is C20H37NO2. The summed E-state index contributed by atoms with van der Waals surface area (Å²) in [6.45, 7) is 2.37. The monoisotopic (exact) mass is 323 g/mol. The van der Waals surface area contributed by atoms with Crippen molar-refractivity contribution in [3.8, 4) is 0 Å². The first-order valence-corrected chi connectivity index (χ1v) is 9.80. The van der Waals surface area contributed by atoms with Gasteiger partial charge in [0.1, 0.15) is 0 Å². The van der Waals surface area contributed by atoms with Gasteiger partial charge >= 0.3 is 0 Å². The zero-order valence-corrected chi connectivity index (χ0v) is 15.9. The third-order valence-corrected chi connectivity index (χ3v) is 7.80. The van der Waals surface area contributed by atoms with Gasteiger partial charge in [0.05, 0.1) is 12.2 Å². The van der Waals surface area contributed by atoms with Crippen LogP contribution >= 0.6 is 0 Å².